The van der Waals surface area contributed by atoms with Crippen molar-refractivity contribution in [1.82, 2.24) is 41.1 Å². The monoisotopic (exact) mass is 2080 g/mol. The molecule has 0 aliphatic heterocycles. The molecule has 0 saturated carbocycles. The number of unbranched alkanes of at least 4 members (excludes halogenated alkanes) is 3. The number of likely N-dealkylation sites (N-methyl/N-ethyl adjacent to an activating group) is 3. The Morgan fingerprint density at radius 3 is 0.804 bits per heavy atom. The highest BCUT2D eigenvalue weighted by molar-refractivity contribution is 5.77. The normalized spacial score (nSPS) is 16.2. The zero-order valence-electron chi connectivity index (χ0n) is 97.9. The van der Waals surface area contributed by atoms with Gasteiger partial charge in [-0.2, -0.15) is 0 Å². The molecule has 6 rings (SSSR count). The fraction of sp³-hybridized carbons (Fsp3) is 0.746. The highest BCUT2D eigenvalue weighted by atomic mass is 16.6. The van der Waals surface area contributed by atoms with Crippen molar-refractivity contribution >= 4 is 17.9 Å². The molecule has 0 aliphatic carbocycles. The van der Waals surface area contributed by atoms with E-state index in [2.05, 4.69) is 156 Å². The Morgan fingerprint density at radius 1 is 0.318 bits per heavy atom. The van der Waals surface area contributed by atoms with Crippen LogP contribution in [0.3, 0.4) is 0 Å². The van der Waals surface area contributed by atoms with Crippen molar-refractivity contribution in [2.75, 3.05) is 102 Å². The van der Waals surface area contributed by atoms with Crippen LogP contribution in [0, 0.1) is 52.3 Å². The van der Waals surface area contributed by atoms with Crippen LogP contribution in [0.4, 0.5) is 0 Å². The minimum absolute atomic E-state index is 0.0406. The van der Waals surface area contributed by atoms with Crippen molar-refractivity contribution in [2.45, 2.75) is 421 Å². The number of quaternary nitrogens is 3. The molecule has 0 bridgehead atoms. The number of carbonyl (C=O) groups is 3. The molecule has 3 aromatic heterocycles. The molecular weight excluding hydrogens is 1870 g/mol. The number of aliphatic hydroxyl groups excluding tert-OH is 3. The van der Waals surface area contributed by atoms with Crippen molar-refractivity contribution in [3.63, 3.8) is 0 Å². The summed E-state index contributed by atoms with van der Waals surface area (Å²) in [6, 6.07) is 26.4. The predicted octanol–water partition coefficient (Wildman–Crippen LogP) is 17.7. The lowest BCUT2D eigenvalue weighted by molar-refractivity contribution is -0.891. The van der Waals surface area contributed by atoms with Crippen LogP contribution in [-0.2, 0) is 87.5 Å². The number of rotatable bonds is 65. The molecule has 18 unspecified atom stereocenters. The van der Waals surface area contributed by atoms with E-state index in [0.29, 0.717) is 126 Å². The summed E-state index contributed by atoms with van der Waals surface area (Å²) in [7, 11) is 13.9. The van der Waals surface area contributed by atoms with E-state index in [1.54, 1.807) is 0 Å². The SMILES string of the molecule is CCCCn1c(=O)n(CC(C)CCC(C)c2cccc(C(C)CC)c2)c(=O)n(CC(C)CC(C)(CC)C(=O)OCC(O)C[N+](C)(C)C)c1=O.CCCCn1c(=O)n(CC(C)CCC(C)c2cccc(C(C)CC)c2)c(=O)n(CC(C)CC(C)(CC)C(=O)OCC(O)C[N+](C)(C)CC)c1=O.CCCCn1c(=O)n(CC(C)CCC(C)c2cccc(C(C)CC)c2)c(=O)n(CC(C)CC(CC)C(=O)OCC(O)C[N+](C)(C)CC)c1=O. The minimum Gasteiger partial charge on any atom is -0.462 e. The molecule has 3 heterocycles. The Bertz CT molecular complexity index is 5630. The van der Waals surface area contributed by atoms with E-state index in [1.807, 2.05) is 139 Å². The maximum atomic E-state index is 13.9. The highest BCUT2D eigenvalue weighted by Crippen LogP contribution is 2.36. The van der Waals surface area contributed by atoms with Gasteiger partial charge in [-0.15, -0.1) is 0 Å². The fourth-order valence-corrected chi connectivity index (χ4v) is 19.6. The lowest BCUT2D eigenvalue weighted by Gasteiger charge is -2.32. The van der Waals surface area contributed by atoms with E-state index < -0.39 is 98.2 Å². The summed E-state index contributed by atoms with van der Waals surface area (Å²) in [5.74, 6) is 0.325. The van der Waals surface area contributed by atoms with Crippen molar-refractivity contribution in [3.8, 4) is 0 Å². The molecule has 3 N–H and O–H groups in total. The highest BCUT2D eigenvalue weighted by Gasteiger charge is 2.39. The molecule has 0 radical (unpaired) electrons. The maximum absolute atomic E-state index is 13.9. The van der Waals surface area contributed by atoms with Crippen molar-refractivity contribution < 1.29 is 57.4 Å². The van der Waals surface area contributed by atoms with Crippen molar-refractivity contribution in [3.05, 3.63) is 201 Å². The van der Waals surface area contributed by atoms with E-state index in [-0.39, 0.29) is 120 Å². The molecule has 30 nitrogen and oxygen atoms in total. The van der Waals surface area contributed by atoms with Gasteiger partial charge in [0, 0.05) is 58.9 Å². The van der Waals surface area contributed by atoms with E-state index in [4.69, 9.17) is 14.2 Å². The quantitative estimate of drug-likeness (QED) is 0.0181. The number of aromatic nitrogens is 9. The van der Waals surface area contributed by atoms with Gasteiger partial charge in [-0.05, 0) is 248 Å². The predicted molar refractivity (Wildman–Crippen MR) is 599 cm³/mol. The summed E-state index contributed by atoms with van der Waals surface area (Å²) in [6.07, 6.45) is 13.2. The molecule has 840 valence electrons. The zero-order chi connectivity index (χ0) is 112. The Balaban J connectivity index is 0.000000462. The Hall–Kier alpha value is -8.94. The molecule has 0 spiro atoms. The first-order valence-electron chi connectivity index (χ1n) is 56.5. The molecule has 0 amide bonds. The maximum Gasteiger partial charge on any atom is 0.336 e. The fourth-order valence-electron chi connectivity index (χ4n) is 19.6. The van der Waals surface area contributed by atoms with E-state index in [0.717, 1.165) is 90.1 Å². The Labute approximate surface area is 886 Å². The number of esters is 3. The Kier molecular flexibility index (Phi) is 55.8. The average molecular weight is 2080 g/mol. The van der Waals surface area contributed by atoms with Gasteiger partial charge in [0.2, 0.25) is 0 Å². The first-order valence-corrected chi connectivity index (χ1v) is 56.5. The lowest BCUT2D eigenvalue weighted by atomic mass is 9.79. The van der Waals surface area contributed by atoms with Crippen LogP contribution in [-0.4, -0.2) is 208 Å². The summed E-state index contributed by atoms with van der Waals surface area (Å²) in [5.41, 5.74) is 0.988. The molecule has 0 saturated heterocycles. The number of carbonyl (C=O) groups excluding carboxylic acids is 3. The standard InChI is InChI=1S/C40H69N4O6.2C39H67N4O6/c1-12-16-22-41-37(47)42(25-29(5)20-21-32(8)34-19-17-18-33(23-34)31(7)13-2)39(49)43(38(41)48)26-30(6)24-40(9,14-3)36(46)50-28-35(45)27-44(10,11)15-4;1-12-15-21-40-36(46)41(24-28(4)19-20-31(7)33-18-16-17-32(22-33)30(6)13-2)38(48)42(37(40)47)25-29(5)23-39(8,14-3)35(45)49-27-34(44)26-43(9,10)11;1-11-15-21-40-37(46)41(24-28(5)19-20-31(8)34-18-16-17-33(23-34)30(7)12-2)39(48)42(38(40)47)25-29(6)22-32(13-3)36(45)49-27-35(44)26-43(9,10)14-4/h17-19,23,29-32,35,45H,12-16,20-22,24-28H2,1-11H3;16-18,22,28-31,34,44H,12-15,19-21,23-27H2,1-11H3;16-18,23,28-32,35,44H,11-15,19-22,24-27H2,1-10H3/q3*+1. The molecular formula is C118H203N12O18+3. The van der Waals surface area contributed by atoms with Gasteiger partial charge in [-0.25, -0.2) is 84.3 Å². The summed E-state index contributed by atoms with van der Waals surface area (Å²) >= 11 is 0. The first-order chi connectivity index (χ1) is 69.4. The largest absolute Gasteiger partial charge is 0.462 e. The van der Waals surface area contributed by atoms with Gasteiger partial charge in [-0.1, -0.05) is 237 Å². The average Bonchev–Trinajstić information content (AvgIpc) is 0.783. The second kappa shape index (κ2) is 62.9. The van der Waals surface area contributed by atoms with Gasteiger partial charge < -0.3 is 43.0 Å². The van der Waals surface area contributed by atoms with E-state index >= 15 is 0 Å². The number of hydrogen-bond acceptors (Lipinski definition) is 18. The Morgan fingerprint density at radius 2 is 0.561 bits per heavy atom. The van der Waals surface area contributed by atoms with Crippen LogP contribution in [0.2, 0.25) is 0 Å². The first kappa shape index (κ1) is 131. The summed E-state index contributed by atoms with van der Waals surface area (Å²) in [6.45, 7) is 55.9. The van der Waals surface area contributed by atoms with Crippen LogP contribution >= 0.6 is 0 Å². The van der Waals surface area contributed by atoms with Crippen LogP contribution in [0.25, 0.3) is 0 Å². The topological polar surface area (TPSA) is 338 Å². The van der Waals surface area contributed by atoms with Crippen LogP contribution in [0.15, 0.2) is 116 Å². The zero-order valence-corrected chi connectivity index (χ0v) is 97.9. The number of hydrogen-bond donors (Lipinski definition) is 3. The summed E-state index contributed by atoms with van der Waals surface area (Å²) < 4.78 is 29.3. The van der Waals surface area contributed by atoms with Crippen LogP contribution < -0.4 is 51.2 Å². The van der Waals surface area contributed by atoms with Crippen LogP contribution in [0.1, 0.15) is 377 Å². The van der Waals surface area contributed by atoms with Gasteiger partial charge >= 0.3 is 69.1 Å². The van der Waals surface area contributed by atoms with E-state index in [9.17, 15) is 72.9 Å². The number of aliphatic hydroxyl groups is 3. The van der Waals surface area contributed by atoms with Crippen LogP contribution in [0.5, 0.6) is 0 Å². The second-order valence-corrected chi connectivity index (χ2v) is 47.4. The van der Waals surface area contributed by atoms with Gasteiger partial charge in [0.05, 0.1) is 79.2 Å². The third-order valence-corrected chi connectivity index (χ3v) is 31.4. The van der Waals surface area contributed by atoms with Gasteiger partial charge in [-0.3, -0.25) is 14.4 Å². The molecule has 0 fully saturated rings. The third kappa shape index (κ3) is 41.2. The lowest BCUT2D eigenvalue weighted by Crippen LogP contribution is -2.55. The molecule has 30 heteroatoms. The minimum atomic E-state index is -0.868. The number of ether oxygens (including phenoxy) is 3. The smallest absolute Gasteiger partial charge is 0.336 e. The van der Waals surface area contributed by atoms with E-state index in [1.165, 1.54) is 74.5 Å². The molecule has 0 aliphatic rings. The molecule has 18 atom stereocenters. The van der Waals surface area contributed by atoms with Gasteiger partial charge in [0.1, 0.15) is 57.8 Å². The second-order valence-electron chi connectivity index (χ2n) is 47.4. The van der Waals surface area contributed by atoms with Gasteiger partial charge in [0.25, 0.3) is 0 Å². The molecule has 148 heavy (non-hydrogen) atoms. The van der Waals surface area contributed by atoms with Crippen molar-refractivity contribution in [1.29, 1.82) is 0 Å². The third-order valence-electron chi connectivity index (χ3n) is 31.4. The summed E-state index contributed by atoms with van der Waals surface area (Å²) in [5, 5.41) is 31.3. The molecule has 3 aromatic carbocycles. The number of benzene rings is 3. The van der Waals surface area contributed by atoms with Gasteiger partial charge in [0.15, 0.2) is 0 Å². The number of nitrogens with zero attached hydrogens (tertiary/aromatic N) is 12. The van der Waals surface area contributed by atoms with Crippen molar-refractivity contribution in [2.24, 2.45) is 52.3 Å². The summed E-state index contributed by atoms with van der Waals surface area (Å²) in [4.78, 5) is 163. The molecule has 6 aromatic rings.